The molecule has 3 rings (SSSR count). The lowest BCUT2D eigenvalue weighted by Gasteiger charge is -2.21. The molecule has 0 saturated carbocycles. The fourth-order valence-corrected chi connectivity index (χ4v) is 3.69. The Bertz CT molecular complexity index is 925. The molecule has 0 fully saturated rings. The second kappa shape index (κ2) is 11.1. The second-order valence-electron chi connectivity index (χ2n) is 6.57. The maximum Gasteiger partial charge on any atom is 0.317 e. The number of rotatable bonds is 8. The van der Waals surface area contributed by atoms with Crippen molar-refractivity contribution in [2.24, 2.45) is 0 Å². The molecule has 6 heteroatoms. The number of hydrogen-bond donors (Lipinski definition) is 0. The number of halogens is 2. The van der Waals surface area contributed by atoms with Crippen LogP contribution in [0.25, 0.3) is 10.9 Å². The lowest BCUT2D eigenvalue weighted by molar-refractivity contribution is -0.144. The van der Waals surface area contributed by atoms with Gasteiger partial charge in [0, 0.05) is 18.1 Å². The molecule has 1 aromatic heterocycles. The molecule has 0 N–H and O–H groups in total. The summed E-state index contributed by atoms with van der Waals surface area (Å²) in [4.78, 5) is 19.8. The van der Waals surface area contributed by atoms with Crippen LogP contribution in [-0.2, 0) is 9.53 Å². The fourth-order valence-electron chi connectivity index (χ4n) is 3.41. The number of carbonyl (C=O) groups excluding carboxylic acids is 1. The van der Waals surface area contributed by atoms with E-state index in [0.717, 1.165) is 41.7 Å². The van der Waals surface area contributed by atoms with E-state index >= 15 is 0 Å². The van der Waals surface area contributed by atoms with Gasteiger partial charge in [-0.2, -0.15) is 0 Å². The summed E-state index contributed by atoms with van der Waals surface area (Å²) in [6, 6.07) is 17.1. The average molecular weight is 433 g/mol. The van der Waals surface area contributed by atoms with Gasteiger partial charge in [0.15, 0.2) is 0 Å². The molecule has 2 aromatic carbocycles. The Morgan fingerprint density at radius 1 is 1.07 bits per heavy atom. The van der Waals surface area contributed by atoms with E-state index in [9.17, 15) is 4.79 Å². The summed E-state index contributed by atoms with van der Waals surface area (Å²) in [6.07, 6.45) is 1.72. The van der Waals surface area contributed by atoms with E-state index in [-0.39, 0.29) is 18.4 Å². The van der Waals surface area contributed by atoms with Gasteiger partial charge in [-0.05, 0) is 42.4 Å². The van der Waals surface area contributed by atoms with Crippen molar-refractivity contribution < 1.29 is 9.53 Å². The number of fused-ring (bicyclic) bond motifs is 1. The van der Waals surface area contributed by atoms with E-state index in [1.54, 1.807) is 6.20 Å². The van der Waals surface area contributed by atoms with Crippen molar-refractivity contribution in [2.75, 3.05) is 26.2 Å². The zero-order chi connectivity index (χ0) is 19.9. The minimum Gasteiger partial charge on any atom is -0.464 e. The maximum atomic E-state index is 13.2. The number of aromatic nitrogens is 1. The van der Waals surface area contributed by atoms with Crippen LogP contribution in [0.4, 0.5) is 0 Å². The summed E-state index contributed by atoms with van der Waals surface area (Å²) in [5, 5.41) is 1.37. The molecule has 0 aliphatic rings. The van der Waals surface area contributed by atoms with Gasteiger partial charge in [-0.3, -0.25) is 9.78 Å². The van der Waals surface area contributed by atoms with Gasteiger partial charge in [-0.1, -0.05) is 61.8 Å². The molecule has 1 atom stereocenters. The molecule has 1 heterocycles. The molecule has 29 heavy (non-hydrogen) atoms. The van der Waals surface area contributed by atoms with Crippen LogP contribution in [0.5, 0.6) is 0 Å². The highest BCUT2D eigenvalue weighted by molar-refractivity contribution is 6.35. The molecule has 3 aromatic rings. The molecule has 0 saturated heterocycles. The molecular weight excluding hydrogens is 407 g/mol. The summed E-state index contributed by atoms with van der Waals surface area (Å²) in [7, 11) is 0. The van der Waals surface area contributed by atoms with E-state index in [1.165, 1.54) is 0 Å². The van der Waals surface area contributed by atoms with E-state index < -0.39 is 5.92 Å². The van der Waals surface area contributed by atoms with Gasteiger partial charge in [0.25, 0.3) is 0 Å². The largest absolute Gasteiger partial charge is 0.464 e. The number of nitrogens with zero attached hydrogens (tertiary/aromatic N) is 2. The third-order valence-corrected chi connectivity index (χ3v) is 5.29. The van der Waals surface area contributed by atoms with Crippen molar-refractivity contribution in [3.05, 3.63) is 76.9 Å². The lowest BCUT2D eigenvalue weighted by atomic mass is 9.89. The summed E-state index contributed by atoms with van der Waals surface area (Å²) in [5.74, 6) is -0.825. The summed E-state index contributed by atoms with van der Waals surface area (Å²) in [6.45, 7) is 7.15. The number of likely N-dealkylation sites (N-methyl/N-ethyl adjacent to an activating group) is 1. The zero-order valence-corrected chi connectivity index (χ0v) is 18.2. The van der Waals surface area contributed by atoms with Crippen molar-refractivity contribution in [2.45, 2.75) is 19.8 Å². The smallest absolute Gasteiger partial charge is 0.317 e. The summed E-state index contributed by atoms with van der Waals surface area (Å²) in [5.41, 5.74) is 2.46. The number of carbonyl (C=O) groups is 1. The highest BCUT2D eigenvalue weighted by Gasteiger charge is 2.27. The monoisotopic (exact) mass is 432 g/mol. The van der Waals surface area contributed by atoms with Gasteiger partial charge in [0.2, 0.25) is 0 Å². The van der Waals surface area contributed by atoms with Crippen LogP contribution >= 0.6 is 24.0 Å². The van der Waals surface area contributed by atoms with E-state index in [4.69, 9.17) is 16.3 Å². The molecule has 154 valence electrons. The molecule has 0 aliphatic heterocycles. The molecule has 0 spiro atoms. The molecule has 1 unspecified atom stereocenters. The fraction of sp³-hybridized carbons (Fsp3) is 0.304. The molecule has 0 radical (unpaired) electrons. The molecule has 0 bridgehead atoms. The third-order valence-electron chi connectivity index (χ3n) is 4.97. The van der Waals surface area contributed by atoms with Crippen molar-refractivity contribution in [3.8, 4) is 0 Å². The van der Waals surface area contributed by atoms with Crippen LogP contribution in [0.15, 0.2) is 60.8 Å². The Morgan fingerprint density at radius 3 is 2.48 bits per heavy atom. The predicted molar refractivity (Wildman–Crippen MR) is 121 cm³/mol. The standard InChI is InChI=1S/C23H25ClN2O2.ClH/c1-3-26(4-2)15-16-28-23(27)21(17-9-6-5-7-10-17)18-13-14-25-20-12-8-11-19(24)22(18)20;/h5-14,21H,3-4,15-16H2,1-2H3;1H. The van der Waals surface area contributed by atoms with Crippen molar-refractivity contribution in [1.29, 1.82) is 0 Å². The first kappa shape index (κ1) is 23.1. The normalized spacial score (nSPS) is 11.9. The first-order valence-corrected chi connectivity index (χ1v) is 10.0. The van der Waals surface area contributed by atoms with Crippen LogP contribution in [0.2, 0.25) is 5.02 Å². The van der Waals surface area contributed by atoms with Gasteiger partial charge < -0.3 is 9.64 Å². The number of pyridine rings is 1. The van der Waals surface area contributed by atoms with Crippen molar-refractivity contribution in [1.82, 2.24) is 9.88 Å². The van der Waals surface area contributed by atoms with Crippen molar-refractivity contribution >= 4 is 40.9 Å². The third kappa shape index (κ3) is 5.47. The SMILES string of the molecule is CCN(CC)CCOC(=O)C(c1ccccc1)c1ccnc2cccc(Cl)c12.Cl. The molecule has 0 aliphatic carbocycles. The number of ether oxygens (including phenoxy) is 1. The van der Waals surface area contributed by atoms with Crippen molar-refractivity contribution in [3.63, 3.8) is 0 Å². The minimum absolute atomic E-state index is 0. The van der Waals surface area contributed by atoms with Crippen LogP contribution in [0, 0.1) is 0 Å². The number of esters is 1. The number of hydrogen-bond acceptors (Lipinski definition) is 4. The summed E-state index contributed by atoms with van der Waals surface area (Å²) >= 11 is 6.48. The highest BCUT2D eigenvalue weighted by atomic mass is 35.5. The van der Waals surface area contributed by atoms with Crippen LogP contribution in [0.3, 0.4) is 0 Å². The molecule has 0 amide bonds. The molecule has 4 nitrogen and oxygen atoms in total. The second-order valence-corrected chi connectivity index (χ2v) is 6.98. The maximum absolute atomic E-state index is 13.2. The topological polar surface area (TPSA) is 42.4 Å². The molecular formula is C23H26Cl2N2O2. The van der Waals surface area contributed by atoms with Gasteiger partial charge in [0.1, 0.15) is 12.5 Å². The van der Waals surface area contributed by atoms with E-state index in [0.29, 0.717) is 11.6 Å². The average Bonchev–Trinajstić information content (AvgIpc) is 2.72. The summed E-state index contributed by atoms with van der Waals surface area (Å²) < 4.78 is 5.69. The lowest BCUT2D eigenvalue weighted by Crippen LogP contribution is -2.29. The van der Waals surface area contributed by atoms with Crippen LogP contribution < -0.4 is 0 Å². The van der Waals surface area contributed by atoms with Crippen LogP contribution in [0.1, 0.15) is 30.9 Å². The van der Waals surface area contributed by atoms with Gasteiger partial charge in [-0.25, -0.2) is 0 Å². The van der Waals surface area contributed by atoms with Gasteiger partial charge >= 0.3 is 5.97 Å². The van der Waals surface area contributed by atoms with Crippen LogP contribution in [-0.4, -0.2) is 42.1 Å². The Kier molecular flexibility index (Phi) is 8.90. The van der Waals surface area contributed by atoms with E-state index in [2.05, 4.69) is 23.7 Å². The zero-order valence-electron chi connectivity index (χ0n) is 16.7. The highest BCUT2D eigenvalue weighted by Crippen LogP contribution is 2.34. The van der Waals surface area contributed by atoms with Gasteiger partial charge in [-0.15, -0.1) is 12.4 Å². The minimum atomic E-state index is -0.552. The van der Waals surface area contributed by atoms with E-state index in [1.807, 2.05) is 54.6 Å². The Balaban J connectivity index is 0.00000300. The van der Waals surface area contributed by atoms with Gasteiger partial charge in [0.05, 0.1) is 10.5 Å². The first-order chi connectivity index (χ1) is 13.7. The Hall–Kier alpha value is -2.14. The predicted octanol–water partition coefficient (Wildman–Crippen LogP) is 5.33. The number of benzene rings is 2. The quantitative estimate of drug-likeness (QED) is 0.451. The Labute approximate surface area is 183 Å². The Morgan fingerprint density at radius 2 is 1.79 bits per heavy atom. The first-order valence-electron chi connectivity index (χ1n) is 9.62.